The predicted octanol–water partition coefficient (Wildman–Crippen LogP) is 5.89. The van der Waals surface area contributed by atoms with Crippen LogP contribution in [0.2, 0.25) is 0 Å². The maximum Gasteiger partial charge on any atom is 0.0945 e. The predicted molar refractivity (Wildman–Crippen MR) is 105 cm³/mol. The molecule has 0 radical (unpaired) electrons. The maximum absolute atomic E-state index is 4.80. The van der Waals surface area contributed by atoms with Crippen molar-refractivity contribution in [2.45, 2.75) is 39.2 Å². The van der Waals surface area contributed by atoms with Crippen molar-refractivity contribution >= 4 is 21.8 Å². The summed E-state index contributed by atoms with van der Waals surface area (Å²) in [6.07, 6.45) is 6.99. The molecule has 0 saturated carbocycles. The van der Waals surface area contributed by atoms with Gasteiger partial charge in [0.2, 0.25) is 0 Å². The van der Waals surface area contributed by atoms with Gasteiger partial charge in [-0.15, -0.1) is 0 Å². The van der Waals surface area contributed by atoms with E-state index in [2.05, 4.69) is 60.0 Å². The monoisotopic (exact) mass is 326 g/mol. The van der Waals surface area contributed by atoms with Crippen molar-refractivity contribution in [3.8, 4) is 11.3 Å². The van der Waals surface area contributed by atoms with E-state index in [1.165, 1.54) is 64.2 Å². The fourth-order valence-electron chi connectivity index (χ4n) is 4.29. The first-order valence-electron chi connectivity index (χ1n) is 9.29. The van der Waals surface area contributed by atoms with Crippen LogP contribution in [0.3, 0.4) is 0 Å². The highest BCUT2D eigenvalue weighted by molar-refractivity contribution is 6.12. The van der Waals surface area contributed by atoms with E-state index >= 15 is 0 Å². The van der Waals surface area contributed by atoms with Gasteiger partial charge in [-0.1, -0.05) is 54.4 Å². The summed E-state index contributed by atoms with van der Waals surface area (Å²) >= 11 is 0. The Labute approximate surface area is 148 Å². The zero-order valence-electron chi connectivity index (χ0n) is 14.6. The lowest BCUT2D eigenvalue weighted by Gasteiger charge is -2.15. The van der Waals surface area contributed by atoms with E-state index in [0.29, 0.717) is 0 Å². The highest BCUT2D eigenvalue weighted by atomic mass is 15.0. The summed E-state index contributed by atoms with van der Waals surface area (Å²) in [4.78, 5) is 4.80. The Hall–Kier alpha value is -2.61. The number of aryl methyl sites for hydroxylation is 3. The van der Waals surface area contributed by atoms with Gasteiger partial charge in [-0.3, -0.25) is 4.98 Å². The van der Waals surface area contributed by atoms with Gasteiger partial charge in [0.1, 0.15) is 0 Å². The highest BCUT2D eigenvalue weighted by Crippen LogP contribution is 2.37. The molecule has 0 fully saturated rings. The lowest BCUT2D eigenvalue weighted by molar-refractivity contribution is 0.594. The zero-order valence-corrected chi connectivity index (χ0v) is 14.6. The molecule has 5 rings (SSSR count). The van der Waals surface area contributed by atoms with E-state index in [-0.39, 0.29) is 0 Å². The number of benzene rings is 2. The minimum atomic E-state index is 1.08. The average Bonchev–Trinajstić information content (AvgIpc) is 2.94. The second kappa shape index (κ2) is 5.73. The second-order valence-electron chi connectivity index (χ2n) is 7.20. The molecule has 4 aromatic rings. The highest BCUT2D eigenvalue weighted by Gasteiger charge is 2.19. The van der Waals surface area contributed by atoms with Crippen LogP contribution in [0.4, 0.5) is 0 Å². The third kappa shape index (κ3) is 2.28. The Balaban J connectivity index is 1.91. The van der Waals surface area contributed by atoms with Crippen molar-refractivity contribution in [2.24, 2.45) is 0 Å². The van der Waals surface area contributed by atoms with Gasteiger partial charge in [0, 0.05) is 29.1 Å². The number of aromatic nitrogens is 2. The van der Waals surface area contributed by atoms with E-state index in [1.807, 2.05) is 6.20 Å². The second-order valence-corrected chi connectivity index (χ2v) is 7.20. The fraction of sp³-hybridized carbons (Fsp3) is 0.261. The van der Waals surface area contributed by atoms with Crippen LogP contribution >= 0.6 is 0 Å². The van der Waals surface area contributed by atoms with Crippen LogP contribution in [0.5, 0.6) is 0 Å². The molecular formula is C23H22N2. The molecule has 2 aromatic carbocycles. The maximum atomic E-state index is 4.80. The minimum Gasteiger partial charge on any atom is -0.338 e. The van der Waals surface area contributed by atoms with Gasteiger partial charge in [-0.25, -0.2) is 0 Å². The third-order valence-corrected chi connectivity index (χ3v) is 5.53. The van der Waals surface area contributed by atoms with Gasteiger partial charge in [0.25, 0.3) is 0 Å². The summed E-state index contributed by atoms with van der Waals surface area (Å²) in [5.74, 6) is 0. The molecule has 0 bridgehead atoms. The molecule has 0 atom stereocenters. The Morgan fingerprint density at radius 1 is 0.840 bits per heavy atom. The summed E-state index contributed by atoms with van der Waals surface area (Å²) in [6, 6.07) is 17.7. The number of para-hydroxylation sites is 1. The number of pyridine rings is 1. The number of hydrogen-bond donors (Lipinski definition) is 0. The Morgan fingerprint density at radius 3 is 2.56 bits per heavy atom. The minimum absolute atomic E-state index is 1.08. The number of fused-ring (bicyclic) bond motifs is 3. The number of hydrogen-bond acceptors (Lipinski definition) is 1. The van der Waals surface area contributed by atoms with Gasteiger partial charge in [0.05, 0.1) is 16.7 Å². The van der Waals surface area contributed by atoms with Gasteiger partial charge in [-0.2, -0.15) is 0 Å². The molecule has 0 aliphatic carbocycles. The van der Waals surface area contributed by atoms with Crippen LogP contribution in [0.1, 0.15) is 30.4 Å². The molecule has 124 valence electrons. The van der Waals surface area contributed by atoms with E-state index in [0.717, 1.165) is 12.2 Å². The zero-order chi connectivity index (χ0) is 16.8. The average molecular weight is 326 g/mol. The Morgan fingerprint density at radius 2 is 1.68 bits per heavy atom. The lowest BCUT2D eigenvalue weighted by Crippen LogP contribution is -2.04. The van der Waals surface area contributed by atoms with Crippen molar-refractivity contribution in [3.05, 3.63) is 65.9 Å². The van der Waals surface area contributed by atoms with Crippen molar-refractivity contribution < 1.29 is 0 Å². The van der Waals surface area contributed by atoms with Gasteiger partial charge in [0.15, 0.2) is 0 Å². The normalized spacial score (nSPS) is 14.6. The smallest absolute Gasteiger partial charge is 0.0945 e. The topological polar surface area (TPSA) is 17.8 Å². The van der Waals surface area contributed by atoms with Crippen LogP contribution in [0, 0.1) is 6.92 Å². The molecule has 2 heteroatoms. The molecule has 3 heterocycles. The van der Waals surface area contributed by atoms with Crippen LogP contribution in [0.25, 0.3) is 33.1 Å². The van der Waals surface area contributed by atoms with Crippen LogP contribution in [0.15, 0.2) is 54.7 Å². The SMILES string of the molecule is Cc1ccc(-c2nccc3c4cccc5c4n(c23)CCCCC5)cc1. The molecule has 0 unspecified atom stereocenters. The number of nitrogens with zero attached hydrogens (tertiary/aromatic N) is 2. The molecule has 1 aliphatic rings. The first-order chi connectivity index (χ1) is 12.3. The third-order valence-electron chi connectivity index (χ3n) is 5.53. The summed E-state index contributed by atoms with van der Waals surface area (Å²) in [5, 5.41) is 2.72. The van der Waals surface area contributed by atoms with Crippen LogP contribution < -0.4 is 0 Å². The van der Waals surface area contributed by atoms with E-state index in [1.54, 1.807) is 0 Å². The van der Waals surface area contributed by atoms with E-state index in [4.69, 9.17) is 4.98 Å². The fourth-order valence-corrected chi connectivity index (χ4v) is 4.29. The van der Waals surface area contributed by atoms with Gasteiger partial charge in [-0.05, 0) is 37.8 Å². The Bertz CT molecular complexity index is 1070. The molecule has 0 spiro atoms. The lowest BCUT2D eigenvalue weighted by atomic mass is 10.0. The molecule has 0 N–H and O–H groups in total. The first-order valence-corrected chi connectivity index (χ1v) is 9.29. The quantitative estimate of drug-likeness (QED) is 0.426. The molecule has 1 aliphatic heterocycles. The van der Waals surface area contributed by atoms with E-state index < -0.39 is 0 Å². The van der Waals surface area contributed by atoms with Gasteiger partial charge < -0.3 is 4.57 Å². The summed E-state index contributed by atoms with van der Waals surface area (Å²) in [6.45, 7) is 3.22. The summed E-state index contributed by atoms with van der Waals surface area (Å²) in [5.41, 5.74) is 7.82. The largest absolute Gasteiger partial charge is 0.338 e. The van der Waals surface area contributed by atoms with E-state index in [9.17, 15) is 0 Å². The molecule has 25 heavy (non-hydrogen) atoms. The number of rotatable bonds is 1. The van der Waals surface area contributed by atoms with Crippen molar-refractivity contribution in [1.82, 2.24) is 9.55 Å². The summed E-state index contributed by atoms with van der Waals surface area (Å²) in [7, 11) is 0. The molecule has 2 aromatic heterocycles. The van der Waals surface area contributed by atoms with Crippen LogP contribution in [-0.2, 0) is 13.0 Å². The molecular weight excluding hydrogens is 304 g/mol. The molecule has 2 nitrogen and oxygen atoms in total. The van der Waals surface area contributed by atoms with Crippen LogP contribution in [-0.4, -0.2) is 9.55 Å². The van der Waals surface area contributed by atoms with Crippen molar-refractivity contribution in [2.75, 3.05) is 0 Å². The Kier molecular flexibility index (Phi) is 3.37. The first kappa shape index (κ1) is 14.7. The van der Waals surface area contributed by atoms with Crippen molar-refractivity contribution in [3.63, 3.8) is 0 Å². The molecule has 0 amide bonds. The van der Waals surface area contributed by atoms with Crippen molar-refractivity contribution in [1.29, 1.82) is 0 Å². The standard InChI is InChI=1S/C23H22N2/c1-16-9-11-17(12-10-16)21-23-20(13-14-24-21)19-8-5-7-18-6-3-2-4-15-25(23)22(18)19/h5,7-14H,2-4,6,15H2,1H3. The van der Waals surface area contributed by atoms with Gasteiger partial charge >= 0.3 is 0 Å². The molecule has 0 saturated heterocycles. The summed E-state index contributed by atoms with van der Waals surface area (Å²) < 4.78 is 2.54.